The van der Waals surface area contributed by atoms with Gasteiger partial charge in [0.1, 0.15) is 22.9 Å². The molecule has 150 valence electrons. The van der Waals surface area contributed by atoms with Gasteiger partial charge in [-0.2, -0.15) is 5.10 Å². The Morgan fingerprint density at radius 3 is 2.60 bits per heavy atom. The summed E-state index contributed by atoms with van der Waals surface area (Å²) in [6.07, 6.45) is 2.55. The number of para-hydroxylation sites is 1. The van der Waals surface area contributed by atoms with Gasteiger partial charge in [0.05, 0.1) is 18.8 Å². The normalized spacial score (nSPS) is 15.6. The van der Waals surface area contributed by atoms with Gasteiger partial charge in [0.15, 0.2) is 0 Å². The second kappa shape index (κ2) is 7.22. The summed E-state index contributed by atoms with van der Waals surface area (Å²) in [6.45, 7) is 2.45. The van der Waals surface area contributed by atoms with E-state index in [1.165, 1.54) is 5.56 Å². The number of fused-ring (bicyclic) bond motifs is 1. The summed E-state index contributed by atoms with van der Waals surface area (Å²) in [5.41, 5.74) is 4.63. The summed E-state index contributed by atoms with van der Waals surface area (Å²) < 4.78 is 5.51. The monoisotopic (exact) mass is 399 g/mol. The molecule has 0 unspecified atom stereocenters. The Balaban J connectivity index is 1.66. The molecular formula is C24H21N3O3. The van der Waals surface area contributed by atoms with Crippen LogP contribution in [-0.4, -0.2) is 26.1 Å². The number of benzene rings is 2. The molecule has 6 nitrogen and oxygen atoms in total. The molecule has 0 aliphatic carbocycles. The number of hydrogen-bond acceptors (Lipinski definition) is 4. The first-order valence-corrected chi connectivity index (χ1v) is 9.96. The standard InChI is InChI=1S/C24H21N3O3/c1-2-15-9-11-16(12-10-15)23-20-21(18-7-3-4-8-19(18)28)25-26-22(20)24(29)27(23)14-17-6-5-13-30-17/h3-13,23,28H,2,14H2,1H3,(H,25,26)/t23-/m1/s1. The van der Waals surface area contributed by atoms with Crippen LogP contribution in [0.2, 0.25) is 0 Å². The molecule has 6 heteroatoms. The van der Waals surface area contributed by atoms with Crippen molar-refractivity contribution in [2.75, 3.05) is 0 Å². The van der Waals surface area contributed by atoms with E-state index in [1.54, 1.807) is 23.3 Å². The first-order valence-electron chi connectivity index (χ1n) is 9.96. The number of carbonyl (C=O) groups is 1. The van der Waals surface area contributed by atoms with Crippen LogP contribution in [0.1, 0.15) is 45.9 Å². The van der Waals surface area contributed by atoms with Crippen LogP contribution >= 0.6 is 0 Å². The van der Waals surface area contributed by atoms with Crippen molar-refractivity contribution in [3.8, 4) is 17.0 Å². The Hall–Kier alpha value is -3.80. The molecule has 1 aliphatic heterocycles. The largest absolute Gasteiger partial charge is 0.507 e. The highest BCUT2D eigenvalue weighted by molar-refractivity contribution is 6.00. The first kappa shape index (κ1) is 18.2. The fraction of sp³-hybridized carbons (Fsp3) is 0.167. The molecule has 0 spiro atoms. The maximum absolute atomic E-state index is 13.3. The predicted molar refractivity (Wildman–Crippen MR) is 112 cm³/mol. The SMILES string of the molecule is CCc1ccc([C@@H]2c3c(-c4ccccc4O)n[nH]c3C(=O)N2Cc2ccco2)cc1. The van der Waals surface area contributed by atoms with E-state index >= 15 is 0 Å². The molecule has 2 aromatic heterocycles. The molecule has 1 amide bonds. The smallest absolute Gasteiger partial charge is 0.273 e. The fourth-order valence-electron chi connectivity index (χ4n) is 4.09. The lowest BCUT2D eigenvalue weighted by Gasteiger charge is -2.25. The van der Waals surface area contributed by atoms with E-state index in [0.29, 0.717) is 29.3 Å². The van der Waals surface area contributed by atoms with Crippen molar-refractivity contribution in [3.05, 3.63) is 95.1 Å². The van der Waals surface area contributed by atoms with E-state index in [4.69, 9.17) is 4.42 Å². The number of furan rings is 1. The Kier molecular flexibility index (Phi) is 4.39. The highest BCUT2D eigenvalue weighted by Gasteiger charge is 2.42. The zero-order valence-electron chi connectivity index (χ0n) is 16.5. The molecule has 0 saturated heterocycles. The van der Waals surface area contributed by atoms with Crippen molar-refractivity contribution in [2.24, 2.45) is 0 Å². The van der Waals surface area contributed by atoms with Gasteiger partial charge < -0.3 is 14.4 Å². The van der Waals surface area contributed by atoms with Crippen LogP contribution in [0.3, 0.4) is 0 Å². The molecule has 30 heavy (non-hydrogen) atoms. The van der Waals surface area contributed by atoms with E-state index in [1.807, 2.05) is 24.3 Å². The lowest BCUT2D eigenvalue weighted by atomic mass is 9.95. The second-order valence-electron chi connectivity index (χ2n) is 7.39. The van der Waals surface area contributed by atoms with Crippen LogP contribution in [0.5, 0.6) is 5.75 Å². The molecule has 0 bridgehead atoms. The molecule has 1 aliphatic rings. The summed E-state index contributed by atoms with van der Waals surface area (Å²) in [6, 6.07) is 18.7. The van der Waals surface area contributed by atoms with Gasteiger partial charge in [-0.25, -0.2) is 0 Å². The van der Waals surface area contributed by atoms with Gasteiger partial charge in [-0.05, 0) is 41.8 Å². The van der Waals surface area contributed by atoms with Gasteiger partial charge in [0, 0.05) is 11.1 Å². The maximum Gasteiger partial charge on any atom is 0.273 e. The summed E-state index contributed by atoms with van der Waals surface area (Å²) in [5.74, 6) is 0.699. The van der Waals surface area contributed by atoms with Crippen LogP contribution in [0.15, 0.2) is 71.3 Å². The minimum atomic E-state index is -0.336. The summed E-state index contributed by atoms with van der Waals surface area (Å²) in [4.78, 5) is 15.1. The van der Waals surface area contributed by atoms with Gasteiger partial charge in [-0.3, -0.25) is 9.89 Å². The number of amides is 1. The number of aryl methyl sites for hydroxylation is 1. The average molecular weight is 399 g/mol. The molecular weight excluding hydrogens is 378 g/mol. The lowest BCUT2D eigenvalue weighted by Crippen LogP contribution is -2.29. The number of hydrogen-bond donors (Lipinski definition) is 2. The van der Waals surface area contributed by atoms with Crippen LogP contribution in [-0.2, 0) is 13.0 Å². The van der Waals surface area contributed by atoms with Crippen LogP contribution in [0, 0.1) is 0 Å². The predicted octanol–water partition coefficient (Wildman–Crippen LogP) is 4.68. The van der Waals surface area contributed by atoms with Crippen LogP contribution in [0.4, 0.5) is 0 Å². The van der Waals surface area contributed by atoms with Crippen molar-refractivity contribution in [3.63, 3.8) is 0 Å². The number of nitrogens with one attached hydrogen (secondary N) is 1. The Bertz CT molecular complexity index is 1190. The number of phenolic OH excluding ortho intramolecular Hbond substituents is 1. The van der Waals surface area contributed by atoms with Crippen molar-refractivity contribution in [1.82, 2.24) is 15.1 Å². The zero-order chi connectivity index (χ0) is 20.7. The molecule has 1 atom stereocenters. The van der Waals surface area contributed by atoms with Gasteiger partial charge in [-0.15, -0.1) is 0 Å². The Morgan fingerprint density at radius 2 is 1.90 bits per heavy atom. The Labute approximate surface area is 173 Å². The average Bonchev–Trinajstić information content (AvgIpc) is 3.49. The number of phenols is 1. The van der Waals surface area contributed by atoms with Crippen molar-refractivity contribution >= 4 is 5.91 Å². The van der Waals surface area contributed by atoms with E-state index in [2.05, 4.69) is 41.4 Å². The van der Waals surface area contributed by atoms with Crippen molar-refractivity contribution in [1.29, 1.82) is 0 Å². The van der Waals surface area contributed by atoms with Crippen molar-refractivity contribution < 1.29 is 14.3 Å². The third-order valence-corrected chi connectivity index (χ3v) is 5.63. The van der Waals surface area contributed by atoms with Gasteiger partial charge in [0.2, 0.25) is 0 Å². The molecule has 2 N–H and O–H groups in total. The summed E-state index contributed by atoms with van der Waals surface area (Å²) in [7, 11) is 0. The Morgan fingerprint density at radius 1 is 1.10 bits per heavy atom. The molecule has 0 saturated carbocycles. The quantitative estimate of drug-likeness (QED) is 0.510. The fourth-order valence-corrected chi connectivity index (χ4v) is 4.09. The van der Waals surface area contributed by atoms with E-state index in [9.17, 15) is 9.90 Å². The maximum atomic E-state index is 13.3. The van der Waals surface area contributed by atoms with Gasteiger partial charge in [-0.1, -0.05) is 43.3 Å². The van der Waals surface area contributed by atoms with Gasteiger partial charge >= 0.3 is 0 Å². The molecule has 2 aromatic carbocycles. The molecule has 3 heterocycles. The molecule has 4 aromatic rings. The van der Waals surface area contributed by atoms with E-state index in [0.717, 1.165) is 17.5 Å². The summed E-state index contributed by atoms with van der Waals surface area (Å²) in [5, 5.41) is 17.7. The van der Waals surface area contributed by atoms with Gasteiger partial charge in [0.25, 0.3) is 5.91 Å². The number of carbonyl (C=O) groups excluding carboxylic acids is 1. The van der Waals surface area contributed by atoms with Crippen LogP contribution in [0.25, 0.3) is 11.3 Å². The molecule has 5 rings (SSSR count). The number of aromatic amines is 1. The molecule has 0 radical (unpaired) electrons. The van der Waals surface area contributed by atoms with E-state index < -0.39 is 0 Å². The number of H-pyrrole nitrogens is 1. The summed E-state index contributed by atoms with van der Waals surface area (Å²) >= 11 is 0. The minimum Gasteiger partial charge on any atom is -0.507 e. The third kappa shape index (κ3) is 2.88. The first-order chi connectivity index (χ1) is 14.7. The third-order valence-electron chi connectivity index (χ3n) is 5.63. The topological polar surface area (TPSA) is 82.4 Å². The second-order valence-corrected chi connectivity index (χ2v) is 7.39. The number of rotatable bonds is 5. The number of aromatic nitrogens is 2. The highest BCUT2D eigenvalue weighted by Crippen LogP contribution is 2.45. The van der Waals surface area contributed by atoms with Crippen molar-refractivity contribution in [2.45, 2.75) is 25.9 Å². The van der Waals surface area contributed by atoms with E-state index in [-0.39, 0.29) is 17.7 Å². The highest BCUT2D eigenvalue weighted by atomic mass is 16.3. The van der Waals surface area contributed by atoms with Crippen LogP contribution < -0.4 is 0 Å². The minimum absolute atomic E-state index is 0.129. The number of nitrogens with zero attached hydrogens (tertiary/aromatic N) is 2. The molecule has 0 fully saturated rings. The number of aromatic hydroxyl groups is 1. The lowest BCUT2D eigenvalue weighted by molar-refractivity contribution is 0.0717. The zero-order valence-corrected chi connectivity index (χ0v) is 16.5.